The molecule has 2 heteroatoms. The van der Waals surface area contributed by atoms with E-state index in [2.05, 4.69) is 62.3 Å². The summed E-state index contributed by atoms with van der Waals surface area (Å²) in [6, 6.07) is 9.74. The highest BCUT2D eigenvalue weighted by Crippen LogP contribution is 2.23. The Morgan fingerprint density at radius 3 is 2.42 bits per heavy atom. The van der Waals surface area contributed by atoms with E-state index in [1.54, 1.807) is 0 Å². The number of piperidine rings is 1. The topological polar surface area (TPSA) is 15.3 Å². The largest absolute Gasteiger partial charge is 0.307 e. The van der Waals surface area contributed by atoms with E-state index in [1.165, 1.54) is 37.1 Å². The molecule has 2 unspecified atom stereocenters. The molecule has 2 rings (SSSR count). The Hall–Kier alpha value is -0.860. The van der Waals surface area contributed by atoms with Crippen molar-refractivity contribution in [3.05, 3.63) is 35.4 Å². The molecule has 1 heterocycles. The van der Waals surface area contributed by atoms with E-state index in [0.29, 0.717) is 12.1 Å². The summed E-state index contributed by atoms with van der Waals surface area (Å²) in [4.78, 5) is 2.44. The number of aryl methyl sites for hydroxylation is 1. The maximum Gasteiger partial charge on any atom is 0.0296 e. The fourth-order valence-corrected chi connectivity index (χ4v) is 3.22. The second kappa shape index (κ2) is 6.53. The molecule has 0 saturated carbocycles. The number of benzene rings is 1. The third kappa shape index (κ3) is 3.80. The summed E-state index contributed by atoms with van der Waals surface area (Å²) in [5, 5.41) is 3.80. The van der Waals surface area contributed by atoms with Crippen LogP contribution in [-0.4, -0.2) is 31.1 Å². The van der Waals surface area contributed by atoms with Gasteiger partial charge in [0.25, 0.3) is 0 Å². The molecule has 0 spiro atoms. The molecule has 1 aromatic carbocycles. The van der Waals surface area contributed by atoms with Crippen molar-refractivity contribution in [1.29, 1.82) is 0 Å². The van der Waals surface area contributed by atoms with Crippen LogP contribution in [-0.2, 0) is 0 Å². The lowest BCUT2D eigenvalue weighted by Gasteiger charge is -2.34. The molecule has 0 radical (unpaired) electrons. The van der Waals surface area contributed by atoms with Crippen LogP contribution in [0, 0.1) is 12.8 Å². The van der Waals surface area contributed by atoms with Crippen LogP contribution in [0.5, 0.6) is 0 Å². The summed E-state index contributed by atoms with van der Waals surface area (Å²) < 4.78 is 0. The normalized spacial score (nSPS) is 21.3. The van der Waals surface area contributed by atoms with E-state index < -0.39 is 0 Å². The molecular weight excluding hydrogens is 232 g/mol. The van der Waals surface area contributed by atoms with Gasteiger partial charge in [-0.3, -0.25) is 0 Å². The van der Waals surface area contributed by atoms with Crippen molar-refractivity contribution in [3.63, 3.8) is 0 Å². The molecule has 0 amide bonds. The van der Waals surface area contributed by atoms with Crippen molar-refractivity contribution < 1.29 is 0 Å². The number of hydrogen-bond acceptors (Lipinski definition) is 2. The zero-order valence-electron chi connectivity index (χ0n) is 12.8. The lowest BCUT2D eigenvalue weighted by atomic mass is 9.89. The Labute approximate surface area is 118 Å². The minimum atomic E-state index is 0.441. The smallest absolute Gasteiger partial charge is 0.0296 e. The van der Waals surface area contributed by atoms with Gasteiger partial charge in [0.1, 0.15) is 0 Å². The molecule has 2 nitrogen and oxygen atoms in total. The van der Waals surface area contributed by atoms with Crippen LogP contribution in [0.3, 0.4) is 0 Å². The van der Waals surface area contributed by atoms with Crippen molar-refractivity contribution in [2.24, 2.45) is 5.92 Å². The van der Waals surface area contributed by atoms with Crippen LogP contribution >= 0.6 is 0 Å². The van der Waals surface area contributed by atoms with Gasteiger partial charge in [0, 0.05) is 12.1 Å². The van der Waals surface area contributed by atoms with E-state index in [0.717, 1.165) is 5.92 Å². The van der Waals surface area contributed by atoms with E-state index in [1.807, 2.05) is 0 Å². The van der Waals surface area contributed by atoms with E-state index in [4.69, 9.17) is 0 Å². The van der Waals surface area contributed by atoms with Gasteiger partial charge in [0.2, 0.25) is 0 Å². The van der Waals surface area contributed by atoms with Crippen molar-refractivity contribution in [2.75, 3.05) is 20.1 Å². The van der Waals surface area contributed by atoms with Gasteiger partial charge in [0.05, 0.1) is 0 Å². The highest BCUT2D eigenvalue weighted by atomic mass is 15.1. The second-order valence-corrected chi connectivity index (χ2v) is 6.17. The van der Waals surface area contributed by atoms with Crippen LogP contribution in [0.1, 0.15) is 43.9 Å². The monoisotopic (exact) mass is 260 g/mol. The van der Waals surface area contributed by atoms with Crippen molar-refractivity contribution in [1.82, 2.24) is 10.2 Å². The number of likely N-dealkylation sites (tertiary alicyclic amines) is 1. The van der Waals surface area contributed by atoms with Gasteiger partial charge in [-0.2, -0.15) is 0 Å². The minimum absolute atomic E-state index is 0.441. The van der Waals surface area contributed by atoms with Crippen LogP contribution < -0.4 is 5.32 Å². The molecule has 106 valence electrons. The number of hydrogen-bond donors (Lipinski definition) is 1. The average Bonchev–Trinajstić information content (AvgIpc) is 2.39. The summed E-state index contributed by atoms with van der Waals surface area (Å²) >= 11 is 0. The zero-order chi connectivity index (χ0) is 13.8. The first-order chi connectivity index (χ1) is 9.08. The van der Waals surface area contributed by atoms with Crippen LogP contribution in [0.2, 0.25) is 0 Å². The lowest BCUT2D eigenvalue weighted by molar-refractivity contribution is 0.185. The Morgan fingerprint density at radius 2 is 1.79 bits per heavy atom. The first-order valence-electron chi connectivity index (χ1n) is 7.58. The predicted molar refractivity (Wildman–Crippen MR) is 82.4 cm³/mol. The average molecular weight is 260 g/mol. The Bertz CT molecular complexity index is 394. The summed E-state index contributed by atoms with van der Waals surface area (Å²) in [6.45, 7) is 9.33. The molecule has 0 bridgehead atoms. The van der Waals surface area contributed by atoms with Crippen molar-refractivity contribution in [3.8, 4) is 0 Å². The molecular formula is C17H28N2. The SMILES string of the molecule is Cc1ccccc1C(C)NC(C)C1CCN(C)CC1. The van der Waals surface area contributed by atoms with Gasteiger partial charge >= 0.3 is 0 Å². The lowest BCUT2D eigenvalue weighted by Crippen LogP contribution is -2.41. The first-order valence-corrected chi connectivity index (χ1v) is 7.58. The number of nitrogens with zero attached hydrogens (tertiary/aromatic N) is 1. The standard InChI is InChI=1S/C17H28N2/c1-13-7-5-6-8-17(13)15(3)18-14(2)16-9-11-19(4)12-10-16/h5-8,14-16,18H,9-12H2,1-4H3. The maximum absolute atomic E-state index is 3.80. The second-order valence-electron chi connectivity index (χ2n) is 6.17. The maximum atomic E-state index is 3.80. The molecule has 0 aliphatic carbocycles. The summed E-state index contributed by atoms with van der Waals surface area (Å²) in [5.74, 6) is 0.822. The van der Waals surface area contributed by atoms with Crippen LogP contribution in [0.4, 0.5) is 0 Å². The molecule has 1 aliphatic heterocycles. The van der Waals surface area contributed by atoms with Crippen LogP contribution in [0.15, 0.2) is 24.3 Å². The molecule has 1 N–H and O–H groups in total. The molecule has 2 atom stereocenters. The van der Waals surface area contributed by atoms with Crippen LogP contribution in [0.25, 0.3) is 0 Å². The quantitative estimate of drug-likeness (QED) is 0.893. The molecule has 0 aromatic heterocycles. The number of nitrogens with one attached hydrogen (secondary N) is 1. The Balaban J connectivity index is 1.91. The molecule has 1 aliphatic rings. The van der Waals surface area contributed by atoms with E-state index in [9.17, 15) is 0 Å². The number of rotatable bonds is 4. The van der Waals surface area contributed by atoms with E-state index in [-0.39, 0.29) is 0 Å². The Kier molecular flexibility index (Phi) is 5.00. The molecule has 1 saturated heterocycles. The minimum Gasteiger partial charge on any atom is -0.307 e. The van der Waals surface area contributed by atoms with Gasteiger partial charge in [-0.25, -0.2) is 0 Å². The van der Waals surface area contributed by atoms with Crippen molar-refractivity contribution >= 4 is 0 Å². The fraction of sp³-hybridized carbons (Fsp3) is 0.647. The van der Waals surface area contributed by atoms with Gasteiger partial charge in [-0.05, 0) is 70.8 Å². The highest BCUT2D eigenvalue weighted by Gasteiger charge is 2.23. The zero-order valence-corrected chi connectivity index (χ0v) is 12.8. The third-order valence-corrected chi connectivity index (χ3v) is 4.64. The highest BCUT2D eigenvalue weighted by molar-refractivity contribution is 5.28. The third-order valence-electron chi connectivity index (χ3n) is 4.64. The Morgan fingerprint density at radius 1 is 1.16 bits per heavy atom. The summed E-state index contributed by atoms with van der Waals surface area (Å²) in [7, 11) is 2.23. The summed E-state index contributed by atoms with van der Waals surface area (Å²) in [5.41, 5.74) is 2.82. The molecule has 1 aromatic rings. The van der Waals surface area contributed by atoms with Gasteiger partial charge in [-0.1, -0.05) is 24.3 Å². The fourth-order valence-electron chi connectivity index (χ4n) is 3.22. The molecule has 1 fully saturated rings. The summed E-state index contributed by atoms with van der Waals surface area (Å²) in [6.07, 6.45) is 2.65. The van der Waals surface area contributed by atoms with Gasteiger partial charge in [-0.15, -0.1) is 0 Å². The van der Waals surface area contributed by atoms with Gasteiger partial charge in [0.15, 0.2) is 0 Å². The predicted octanol–water partition coefficient (Wildman–Crippen LogP) is 3.38. The van der Waals surface area contributed by atoms with Gasteiger partial charge < -0.3 is 10.2 Å². The molecule has 19 heavy (non-hydrogen) atoms. The van der Waals surface area contributed by atoms with Crippen molar-refractivity contribution in [2.45, 2.75) is 45.7 Å². The van der Waals surface area contributed by atoms with E-state index >= 15 is 0 Å². The first kappa shape index (κ1) is 14.5.